The highest BCUT2D eigenvalue weighted by Gasteiger charge is 2.21. The molecule has 29 heavy (non-hydrogen) atoms. The molecule has 0 heterocycles. The van der Waals surface area contributed by atoms with E-state index < -0.39 is 26.5 Å². The van der Waals surface area contributed by atoms with E-state index in [4.69, 9.17) is 14.5 Å². The predicted molar refractivity (Wildman–Crippen MR) is 114 cm³/mol. The molecule has 0 aromatic rings. The van der Waals surface area contributed by atoms with Crippen molar-refractivity contribution in [2.75, 3.05) is 13.2 Å². The minimum Gasteiger partial charge on any atom is -0.462 e. The number of phosphoric ester groups is 1. The highest BCUT2D eigenvalue weighted by atomic mass is 31.2. The molecule has 0 spiro atoms. The number of hydrogen-bond donors (Lipinski definition) is 3. The van der Waals surface area contributed by atoms with Gasteiger partial charge in [-0.15, -0.1) is 0 Å². The van der Waals surface area contributed by atoms with Gasteiger partial charge in [0.1, 0.15) is 12.7 Å². The van der Waals surface area contributed by atoms with Gasteiger partial charge in [0.2, 0.25) is 0 Å². The maximum absolute atomic E-state index is 12.4. The second kappa shape index (κ2) is 17.0. The summed E-state index contributed by atoms with van der Waals surface area (Å²) in [5, 5.41) is 9.68. The molecular weight excluding hydrogens is 395 g/mol. The number of phosphoric acid groups is 1. The zero-order valence-electron chi connectivity index (χ0n) is 18.3. The Hall–Kier alpha value is -0.720. The lowest BCUT2D eigenvalue weighted by Crippen LogP contribution is -2.26. The molecule has 172 valence electrons. The van der Waals surface area contributed by atoms with Gasteiger partial charge in [0.15, 0.2) is 0 Å². The first kappa shape index (κ1) is 28.3. The van der Waals surface area contributed by atoms with Crippen LogP contribution < -0.4 is 0 Å². The van der Waals surface area contributed by atoms with Crippen molar-refractivity contribution in [2.45, 2.75) is 91.1 Å². The molecule has 0 aliphatic heterocycles. The topological polar surface area (TPSA) is 113 Å². The van der Waals surface area contributed by atoms with Gasteiger partial charge in [-0.3, -0.25) is 9.32 Å². The van der Waals surface area contributed by atoms with E-state index in [9.17, 15) is 14.5 Å². The van der Waals surface area contributed by atoms with Crippen molar-refractivity contribution < 1.29 is 33.5 Å². The summed E-state index contributed by atoms with van der Waals surface area (Å²) in [6, 6.07) is 0. The molecule has 8 heteroatoms. The number of aliphatic hydroxyl groups excluding tert-OH is 1. The minimum atomic E-state index is -4.66. The van der Waals surface area contributed by atoms with E-state index in [1.165, 1.54) is 25.7 Å². The molecule has 7 nitrogen and oxygen atoms in total. The van der Waals surface area contributed by atoms with Gasteiger partial charge >= 0.3 is 13.8 Å². The summed E-state index contributed by atoms with van der Waals surface area (Å²) in [6.07, 6.45) is 13.6. The maximum Gasteiger partial charge on any atom is 0.469 e. The highest BCUT2D eigenvalue weighted by molar-refractivity contribution is 7.46. The average molecular weight is 437 g/mol. The SMILES string of the molecule is CCCCCCC(C)/C=C\C(CCCCCC)C(=O)OCC(O)COP(=O)(O)O. The van der Waals surface area contributed by atoms with Crippen LogP contribution >= 0.6 is 7.82 Å². The Morgan fingerprint density at radius 3 is 2.07 bits per heavy atom. The first-order chi connectivity index (χ1) is 13.7. The van der Waals surface area contributed by atoms with E-state index in [1.54, 1.807) is 0 Å². The molecule has 3 atom stereocenters. The Labute approximate surface area is 176 Å². The molecule has 3 N–H and O–H groups in total. The summed E-state index contributed by atoms with van der Waals surface area (Å²) in [6.45, 7) is 5.51. The van der Waals surface area contributed by atoms with E-state index in [1.807, 2.05) is 6.08 Å². The van der Waals surface area contributed by atoms with Crippen molar-refractivity contribution in [3.63, 3.8) is 0 Å². The van der Waals surface area contributed by atoms with Gasteiger partial charge in [-0.1, -0.05) is 84.3 Å². The van der Waals surface area contributed by atoms with Crippen LogP contribution in [0.2, 0.25) is 0 Å². The zero-order valence-corrected chi connectivity index (χ0v) is 19.2. The van der Waals surface area contributed by atoms with E-state index >= 15 is 0 Å². The Bertz CT molecular complexity index is 489. The van der Waals surface area contributed by atoms with Gasteiger partial charge in [0.25, 0.3) is 0 Å². The van der Waals surface area contributed by atoms with Crippen molar-refractivity contribution in [1.29, 1.82) is 0 Å². The number of esters is 1. The summed E-state index contributed by atoms with van der Waals surface area (Å²) in [5.74, 6) is -0.411. The fourth-order valence-electron chi connectivity index (χ4n) is 2.91. The summed E-state index contributed by atoms with van der Waals surface area (Å²) in [4.78, 5) is 29.7. The summed E-state index contributed by atoms with van der Waals surface area (Å²) >= 11 is 0. The van der Waals surface area contributed by atoms with Gasteiger partial charge in [0.05, 0.1) is 12.5 Å². The molecule has 0 fully saturated rings. The highest BCUT2D eigenvalue weighted by Crippen LogP contribution is 2.35. The first-order valence-corrected chi connectivity index (χ1v) is 12.5. The summed E-state index contributed by atoms with van der Waals surface area (Å²) in [7, 11) is -4.66. The maximum atomic E-state index is 12.4. The molecule has 0 bridgehead atoms. The van der Waals surface area contributed by atoms with Crippen LogP contribution in [-0.4, -0.2) is 40.2 Å². The largest absolute Gasteiger partial charge is 0.469 e. The third-order valence-electron chi connectivity index (χ3n) is 4.71. The summed E-state index contributed by atoms with van der Waals surface area (Å²) < 4.78 is 20.0. The first-order valence-electron chi connectivity index (χ1n) is 10.9. The molecule has 0 saturated heterocycles. The number of hydrogen-bond acceptors (Lipinski definition) is 5. The molecule has 0 aliphatic rings. The molecule has 3 unspecified atom stereocenters. The molecule has 0 aromatic carbocycles. The molecule has 0 radical (unpaired) electrons. The van der Waals surface area contributed by atoms with E-state index in [2.05, 4.69) is 31.4 Å². The van der Waals surface area contributed by atoms with Crippen molar-refractivity contribution in [1.82, 2.24) is 0 Å². The van der Waals surface area contributed by atoms with Gasteiger partial charge in [0, 0.05) is 0 Å². The number of aliphatic hydroxyl groups is 1. The lowest BCUT2D eigenvalue weighted by molar-refractivity contribution is -0.150. The monoisotopic (exact) mass is 436 g/mol. The third-order valence-corrected chi connectivity index (χ3v) is 5.19. The summed E-state index contributed by atoms with van der Waals surface area (Å²) in [5.41, 5.74) is 0. The third kappa shape index (κ3) is 17.8. The van der Waals surface area contributed by atoms with Crippen molar-refractivity contribution in [3.05, 3.63) is 12.2 Å². The lowest BCUT2D eigenvalue weighted by atomic mass is 9.96. The Morgan fingerprint density at radius 2 is 1.52 bits per heavy atom. The molecule has 0 amide bonds. The minimum absolute atomic E-state index is 0.356. The number of rotatable bonds is 18. The van der Waals surface area contributed by atoms with Gasteiger partial charge in [-0.2, -0.15) is 0 Å². The zero-order chi connectivity index (χ0) is 22.1. The van der Waals surface area contributed by atoms with Crippen molar-refractivity contribution in [3.8, 4) is 0 Å². The smallest absolute Gasteiger partial charge is 0.462 e. The van der Waals surface area contributed by atoms with Gasteiger partial charge in [-0.25, -0.2) is 4.57 Å². The number of carbonyl (C=O) groups excluding carboxylic acids is 1. The fourth-order valence-corrected chi connectivity index (χ4v) is 3.28. The van der Waals surface area contributed by atoms with E-state index in [0.29, 0.717) is 12.3 Å². The van der Waals surface area contributed by atoms with Crippen molar-refractivity contribution in [2.24, 2.45) is 11.8 Å². The predicted octanol–water partition coefficient (Wildman–Crippen LogP) is 4.75. The Balaban J connectivity index is 4.56. The van der Waals surface area contributed by atoms with Gasteiger partial charge in [-0.05, 0) is 18.8 Å². The standard InChI is InChI=1S/C21H41O7P/c1-4-6-8-10-12-18(3)14-15-19(13-11-9-7-5-2)21(23)27-16-20(22)17-28-29(24,25)26/h14-15,18-20,22H,4-13,16-17H2,1-3H3,(H2,24,25,26)/b15-14-. The van der Waals surface area contributed by atoms with Crippen LogP contribution in [0.25, 0.3) is 0 Å². The van der Waals surface area contributed by atoms with Crippen LogP contribution in [0.5, 0.6) is 0 Å². The number of carbonyl (C=O) groups is 1. The fraction of sp³-hybridized carbons (Fsp3) is 0.857. The average Bonchev–Trinajstić information content (AvgIpc) is 2.66. The molecule has 0 aliphatic carbocycles. The van der Waals surface area contributed by atoms with Crippen LogP contribution in [0.3, 0.4) is 0 Å². The number of allylic oxidation sites excluding steroid dienone is 1. The second-order valence-corrected chi connectivity index (χ2v) is 8.98. The van der Waals surface area contributed by atoms with Crippen LogP contribution in [0.1, 0.15) is 85.0 Å². The van der Waals surface area contributed by atoms with E-state index in [0.717, 1.165) is 32.1 Å². The van der Waals surface area contributed by atoms with Crippen LogP contribution in [0, 0.1) is 11.8 Å². The quantitative estimate of drug-likeness (QED) is 0.123. The van der Waals surface area contributed by atoms with E-state index in [-0.39, 0.29) is 12.5 Å². The second-order valence-electron chi connectivity index (χ2n) is 7.74. The molecular formula is C21H41O7P. The molecule has 0 saturated carbocycles. The normalized spacial score (nSPS) is 15.4. The number of unbranched alkanes of at least 4 members (excludes halogenated alkanes) is 6. The molecule has 0 rings (SSSR count). The van der Waals surface area contributed by atoms with Crippen LogP contribution in [0.4, 0.5) is 0 Å². The van der Waals surface area contributed by atoms with Crippen LogP contribution in [0.15, 0.2) is 12.2 Å². The van der Waals surface area contributed by atoms with Gasteiger partial charge < -0.3 is 19.6 Å². The number of ether oxygens (including phenoxy) is 1. The molecule has 0 aromatic heterocycles. The Morgan fingerprint density at radius 1 is 0.931 bits per heavy atom. The van der Waals surface area contributed by atoms with Crippen molar-refractivity contribution >= 4 is 13.8 Å². The van der Waals surface area contributed by atoms with Crippen LogP contribution in [-0.2, 0) is 18.6 Å². The lowest BCUT2D eigenvalue weighted by Gasteiger charge is -2.16. The Kier molecular flexibility index (Phi) is 16.6.